The highest BCUT2D eigenvalue weighted by Gasteiger charge is 2.44. The van der Waals surface area contributed by atoms with Crippen LogP contribution in [0.2, 0.25) is 0 Å². The van der Waals surface area contributed by atoms with Crippen LogP contribution in [0.4, 0.5) is 5.69 Å². The van der Waals surface area contributed by atoms with Gasteiger partial charge in [0.25, 0.3) is 0 Å². The lowest BCUT2D eigenvalue weighted by Crippen LogP contribution is -2.37. The number of esters is 1. The van der Waals surface area contributed by atoms with Crippen molar-refractivity contribution in [2.75, 3.05) is 0 Å². The van der Waals surface area contributed by atoms with Gasteiger partial charge in [0.05, 0.1) is 4.92 Å². The number of nitro groups is 1. The quantitative estimate of drug-likeness (QED) is 0.254. The second kappa shape index (κ2) is 4.08. The first-order valence-electron chi connectivity index (χ1n) is 4.83. The normalized spacial score (nSPS) is 21.9. The van der Waals surface area contributed by atoms with Crippen molar-refractivity contribution in [3.63, 3.8) is 0 Å². The third-order valence-electron chi connectivity index (χ3n) is 2.58. The van der Waals surface area contributed by atoms with Crippen molar-refractivity contribution in [3.8, 4) is 5.75 Å². The standard InChI is InChI=1S/C10H7NO7/c12-7-4-2-1-3-5(11(16)17)8(4)18-10(15)6(7)9(13)14/h1-3,6-7,12H,(H,13,14)/t6-,7-/m0/s1. The van der Waals surface area contributed by atoms with Gasteiger partial charge in [-0.2, -0.15) is 0 Å². The number of ether oxygens (including phenoxy) is 1. The fourth-order valence-electron chi connectivity index (χ4n) is 1.74. The van der Waals surface area contributed by atoms with E-state index in [0.29, 0.717) is 0 Å². The van der Waals surface area contributed by atoms with Crippen LogP contribution in [0.25, 0.3) is 0 Å². The van der Waals surface area contributed by atoms with Crippen LogP contribution in [-0.2, 0) is 9.59 Å². The van der Waals surface area contributed by atoms with Crippen LogP contribution in [0.15, 0.2) is 18.2 Å². The average Bonchev–Trinajstić information content (AvgIpc) is 2.27. The summed E-state index contributed by atoms with van der Waals surface area (Å²) >= 11 is 0. The van der Waals surface area contributed by atoms with Gasteiger partial charge in [0.1, 0.15) is 6.10 Å². The van der Waals surface area contributed by atoms with Gasteiger partial charge in [-0.15, -0.1) is 0 Å². The van der Waals surface area contributed by atoms with Crippen molar-refractivity contribution in [1.82, 2.24) is 0 Å². The molecule has 0 saturated carbocycles. The van der Waals surface area contributed by atoms with Gasteiger partial charge in [-0.25, -0.2) is 0 Å². The molecule has 2 rings (SSSR count). The lowest BCUT2D eigenvalue weighted by molar-refractivity contribution is -0.385. The highest BCUT2D eigenvalue weighted by Crippen LogP contribution is 2.41. The van der Waals surface area contributed by atoms with Gasteiger partial charge in [-0.05, 0) is 0 Å². The third kappa shape index (κ3) is 1.68. The van der Waals surface area contributed by atoms with E-state index in [0.717, 1.165) is 6.07 Å². The molecule has 8 heteroatoms. The van der Waals surface area contributed by atoms with Crippen LogP contribution in [0, 0.1) is 16.0 Å². The van der Waals surface area contributed by atoms with Crippen molar-refractivity contribution < 1.29 is 29.5 Å². The Morgan fingerprint density at radius 1 is 1.44 bits per heavy atom. The molecule has 0 amide bonds. The summed E-state index contributed by atoms with van der Waals surface area (Å²) < 4.78 is 4.65. The molecule has 0 aromatic heterocycles. The number of aliphatic hydroxyl groups is 1. The molecule has 2 atom stereocenters. The monoisotopic (exact) mass is 253 g/mol. The average molecular weight is 253 g/mol. The lowest BCUT2D eigenvalue weighted by Gasteiger charge is -2.25. The third-order valence-corrected chi connectivity index (χ3v) is 2.58. The van der Waals surface area contributed by atoms with Crippen molar-refractivity contribution in [3.05, 3.63) is 33.9 Å². The first kappa shape index (κ1) is 12.0. The van der Waals surface area contributed by atoms with Crippen LogP contribution in [0.3, 0.4) is 0 Å². The van der Waals surface area contributed by atoms with Crippen LogP contribution in [0.1, 0.15) is 11.7 Å². The molecule has 8 nitrogen and oxygen atoms in total. The number of carboxylic acid groups (broad SMARTS) is 1. The lowest BCUT2D eigenvalue weighted by atomic mass is 9.92. The first-order valence-corrected chi connectivity index (χ1v) is 4.83. The molecule has 1 aliphatic heterocycles. The number of fused-ring (bicyclic) bond motifs is 1. The summed E-state index contributed by atoms with van der Waals surface area (Å²) in [6, 6.07) is 3.65. The Labute approximate surface area is 99.6 Å². The Bertz CT molecular complexity index is 553. The van der Waals surface area contributed by atoms with Crippen molar-refractivity contribution in [2.24, 2.45) is 5.92 Å². The number of nitro benzene ring substituents is 1. The molecular weight excluding hydrogens is 246 g/mol. The van der Waals surface area contributed by atoms with Crippen molar-refractivity contribution in [2.45, 2.75) is 6.10 Å². The zero-order chi connectivity index (χ0) is 13.4. The maximum Gasteiger partial charge on any atom is 0.329 e. The van der Waals surface area contributed by atoms with E-state index >= 15 is 0 Å². The van der Waals surface area contributed by atoms with E-state index in [1.165, 1.54) is 12.1 Å². The fourth-order valence-corrected chi connectivity index (χ4v) is 1.74. The molecule has 18 heavy (non-hydrogen) atoms. The molecule has 0 radical (unpaired) electrons. The van der Waals surface area contributed by atoms with Crippen LogP contribution < -0.4 is 4.74 Å². The maximum atomic E-state index is 11.4. The molecular formula is C10H7NO7. The van der Waals surface area contributed by atoms with Gasteiger partial charge in [0.2, 0.25) is 5.75 Å². The number of aliphatic hydroxyl groups excluding tert-OH is 1. The fraction of sp³-hybridized carbons (Fsp3) is 0.200. The predicted molar refractivity (Wildman–Crippen MR) is 54.8 cm³/mol. The molecule has 1 heterocycles. The molecule has 94 valence electrons. The Kier molecular flexibility index (Phi) is 2.71. The number of hydrogen-bond donors (Lipinski definition) is 2. The summed E-state index contributed by atoms with van der Waals surface area (Å²) in [7, 11) is 0. The van der Waals surface area contributed by atoms with E-state index in [4.69, 9.17) is 5.11 Å². The van der Waals surface area contributed by atoms with E-state index in [-0.39, 0.29) is 5.56 Å². The van der Waals surface area contributed by atoms with Crippen LogP contribution >= 0.6 is 0 Å². The summed E-state index contributed by atoms with van der Waals surface area (Å²) in [6.07, 6.45) is -1.67. The van der Waals surface area contributed by atoms with Crippen molar-refractivity contribution >= 4 is 17.6 Å². The number of nitrogens with zero attached hydrogens (tertiary/aromatic N) is 1. The zero-order valence-electron chi connectivity index (χ0n) is 8.77. The summed E-state index contributed by atoms with van der Waals surface area (Å²) in [5.41, 5.74) is -0.583. The number of aliphatic carboxylic acids is 1. The molecule has 0 unspecified atom stereocenters. The summed E-state index contributed by atoms with van der Waals surface area (Å²) in [5.74, 6) is -4.96. The Balaban J connectivity index is 2.58. The van der Waals surface area contributed by atoms with Gasteiger partial charge < -0.3 is 14.9 Å². The molecule has 0 bridgehead atoms. The van der Waals surface area contributed by atoms with E-state index < -0.39 is 40.3 Å². The number of carboxylic acids is 1. The molecule has 1 aromatic carbocycles. The number of para-hydroxylation sites is 1. The molecule has 0 spiro atoms. The van der Waals surface area contributed by atoms with E-state index in [1.54, 1.807) is 0 Å². The first-order chi connectivity index (χ1) is 8.43. The number of benzene rings is 1. The minimum atomic E-state index is -1.78. The summed E-state index contributed by atoms with van der Waals surface area (Å²) in [5, 5.41) is 29.3. The van der Waals surface area contributed by atoms with Crippen molar-refractivity contribution in [1.29, 1.82) is 0 Å². The van der Waals surface area contributed by atoms with Crippen LogP contribution in [-0.4, -0.2) is 27.1 Å². The molecule has 0 aliphatic carbocycles. The highest BCUT2D eigenvalue weighted by molar-refractivity contribution is 5.97. The topological polar surface area (TPSA) is 127 Å². The second-order valence-electron chi connectivity index (χ2n) is 3.63. The number of rotatable bonds is 2. The Morgan fingerprint density at radius 3 is 2.67 bits per heavy atom. The SMILES string of the molecule is O=C(O)[C@H]1C(=O)Oc2c(cccc2[N+](=O)[O-])[C@@H]1O. The molecule has 0 saturated heterocycles. The molecule has 1 aromatic rings. The van der Waals surface area contributed by atoms with Gasteiger partial charge in [-0.3, -0.25) is 19.7 Å². The van der Waals surface area contributed by atoms with Gasteiger partial charge in [0, 0.05) is 11.6 Å². The van der Waals surface area contributed by atoms with E-state index in [1.807, 2.05) is 0 Å². The smallest absolute Gasteiger partial charge is 0.329 e. The zero-order valence-corrected chi connectivity index (χ0v) is 8.77. The maximum absolute atomic E-state index is 11.4. The minimum Gasteiger partial charge on any atom is -0.481 e. The number of hydrogen-bond acceptors (Lipinski definition) is 6. The van der Waals surface area contributed by atoms with Gasteiger partial charge in [0.15, 0.2) is 5.92 Å². The Morgan fingerprint density at radius 2 is 2.11 bits per heavy atom. The van der Waals surface area contributed by atoms with E-state index in [9.17, 15) is 24.8 Å². The Hall–Kier alpha value is -2.48. The summed E-state index contributed by atoms with van der Waals surface area (Å²) in [6.45, 7) is 0. The second-order valence-corrected chi connectivity index (χ2v) is 3.63. The summed E-state index contributed by atoms with van der Waals surface area (Å²) in [4.78, 5) is 32.1. The van der Waals surface area contributed by atoms with Gasteiger partial charge >= 0.3 is 17.6 Å². The predicted octanol–water partition coefficient (Wildman–Crippen LogP) is 0.248. The van der Waals surface area contributed by atoms with E-state index in [2.05, 4.69) is 4.74 Å². The minimum absolute atomic E-state index is 0.0869. The highest BCUT2D eigenvalue weighted by atomic mass is 16.6. The molecule has 2 N–H and O–H groups in total. The van der Waals surface area contributed by atoms with Gasteiger partial charge in [-0.1, -0.05) is 12.1 Å². The van der Waals surface area contributed by atoms with Crippen LogP contribution in [0.5, 0.6) is 5.75 Å². The number of carbonyl (C=O) groups excluding carboxylic acids is 1. The molecule has 0 fully saturated rings. The largest absolute Gasteiger partial charge is 0.481 e. The number of carbonyl (C=O) groups is 2. The molecule has 1 aliphatic rings.